The lowest BCUT2D eigenvalue weighted by Gasteiger charge is -2.23. The predicted octanol–water partition coefficient (Wildman–Crippen LogP) is -0.341. The number of nitrogens with zero attached hydrogens (tertiary/aromatic N) is 3. The first-order valence-electron chi connectivity index (χ1n) is 6.65. The molecule has 0 radical (unpaired) electrons. The average molecular weight is 287 g/mol. The van der Waals surface area contributed by atoms with Crippen LogP contribution >= 0.6 is 0 Å². The molecule has 7 nitrogen and oxygen atoms in total. The van der Waals surface area contributed by atoms with E-state index in [4.69, 9.17) is 0 Å². The molecule has 1 aromatic heterocycles. The smallest absolute Gasteiger partial charge is 0.224 e. The Kier molecular flexibility index (Phi) is 4.41. The zero-order valence-electron chi connectivity index (χ0n) is 11.4. The molecule has 0 bridgehead atoms. The molecule has 1 unspecified atom stereocenters. The van der Waals surface area contributed by atoms with Gasteiger partial charge in [-0.1, -0.05) is 0 Å². The molecule has 1 atom stereocenters. The van der Waals surface area contributed by atoms with Gasteiger partial charge in [-0.15, -0.1) is 10.2 Å². The van der Waals surface area contributed by atoms with Gasteiger partial charge < -0.3 is 10.6 Å². The van der Waals surface area contributed by atoms with Gasteiger partial charge in [0.2, 0.25) is 5.95 Å². The summed E-state index contributed by atoms with van der Waals surface area (Å²) in [5.74, 6) is 1.99. The van der Waals surface area contributed by atoms with Crippen molar-refractivity contribution in [3.63, 3.8) is 0 Å². The second-order valence-electron chi connectivity index (χ2n) is 4.68. The van der Waals surface area contributed by atoms with Crippen LogP contribution in [0, 0.1) is 0 Å². The van der Waals surface area contributed by atoms with E-state index in [1.807, 2.05) is 18.4 Å². The molecule has 0 amide bonds. The molecule has 2 rings (SSSR count). The van der Waals surface area contributed by atoms with Crippen molar-refractivity contribution in [1.29, 1.82) is 0 Å². The molecule has 0 aliphatic carbocycles. The van der Waals surface area contributed by atoms with Crippen LogP contribution in [-0.2, 0) is 22.8 Å². The molecule has 1 saturated heterocycles. The molecule has 1 fully saturated rings. The first kappa shape index (κ1) is 14.3. The molecule has 108 valence electrons. The second kappa shape index (κ2) is 5.87. The molecule has 2 N–H and O–H groups in total. The highest BCUT2D eigenvalue weighted by Crippen LogP contribution is 2.12. The van der Waals surface area contributed by atoms with E-state index >= 15 is 0 Å². The van der Waals surface area contributed by atoms with Crippen molar-refractivity contribution in [2.75, 3.05) is 29.9 Å². The van der Waals surface area contributed by atoms with Gasteiger partial charge in [-0.25, -0.2) is 8.42 Å². The number of nitrogens with one attached hydrogen (secondary N) is 2. The highest BCUT2D eigenvalue weighted by Gasteiger charge is 2.26. The minimum Gasteiger partial charge on any atom is -0.355 e. The number of sulfone groups is 1. The first-order chi connectivity index (χ1) is 9.05. The van der Waals surface area contributed by atoms with Crippen molar-refractivity contribution in [2.24, 2.45) is 0 Å². The van der Waals surface area contributed by atoms with Gasteiger partial charge >= 0.3 is 0 Å². The summed E-state index contributed by atoms with van der Waals surface area (Å²) in [5.41, 5.74) is 0. The van der Waals surface area contributed by atoms with Crippen LogP contribution in [0.25, 0.3) is 0 Å². The van der Waals surface area contributed by atoms with Gasteiger partial charge in [0.25, 0.3) is 0 Å². The van der Waals surface area contributed by atoms with Crippen molar-refractivity contribution in [1.82, 2.24) is 20.1 Å². The lowest BCUT2D eigenvalue weighted by atomic mass is 10.2. The molecule has 19 heavy (non-hydrogen) atoms. The minimum atomic E-state index is -2.91. The molecular formula is C11H21N5O2S. The number of hydrogen-bond donors (Lipinski definition) is 2. The number of aromatic nitrogens is 3. The molecule has 1 aliphatic rings. The van der Waals surface area contributed by atoms with E-state index in [0.717, 1.165) is 24.9 Å². The van der Waals surface area contributed by atoms with E-state index in [1.54, 1.807) is 0 Å². The van der Waals surface area contributed by atoms with Crippen LogP contribution in [0.3, 0.4) is 0 Å². The number of hydrogen-bond acceptors (Lipinski definition) is 6. The SMILES string of the molecule is CCNc1nnc(CC2CS(=O)(=O)CCN2)n1CC. The van der Waals surface area contributed by atoms with Gasteiger partial charge in [-0.3, -0.25) is 4.57 Å². The third kappa shape index (κ3) is 3.44. The zero-order valence-corrected chi connectivity index (χ0v) is 12.2. The molecule has 8 heteroatoms. The van der Waals surface area contributed by atoms with Crippen molar-refractivity contribution in [3.05, 3.63) is 5.82 Å². The van der Waals surface area contributed by atoms with Gasteiger partial charge in [0.1, 0.15) is 5.82 Å². The quantitative estimate of drug-likeness (QED) is 0.770. The van der Waals surface area contributed by atoms with Crippen LogP contribution in [-0.4, -0.2) is 53.8 Å². The van der Waals surface area contributed by atoms with E-state index in [0.29, 0.717) is 13.0 Å². The lowest BCUT2D eigenvalue weighted by Crippen LogP contribution is -2.46. The van der Waals surface area contributed by atoms with Crippen molar-refractivity contribution in [2.45, 2.75) is 32.9 Å². The Labute approximate surface area is 113 Å². The van der Waals surface area contributed by atoms with Gasteiger partial charge in [0, 0.05) is 32.1 Å². The molecule has 2 heterocycles. The third-order valence-electron chi connectivity index (χ3n) is 3.21. The van der Waals surface area contributed by atoms with E-state index in [1.165, 1.54) is 0 Å². The maximum absolute atomic E-state index is 11.6. The maximum Gasteiger partial charge on any atom is 0.224 e. The van der Waals surface area contributed by atoms with Crippen LogP contribution in [0.4, 0.5) is 5.95 Å². The van der Waals surface area contributed by atoms with Crippen LogP contribution < -0.4 is 10.6 Å². The normalized spacial score (nSPS) is 22.3. The first-order valence-corrected chi connectivity index (χ1v) is 8.47. The molecular weight excluding hydrogens is 266 g/mol. The summed E-state index contributed by atoms with van der Waals surface area (Å²) in [5, 5.41) is 14.7. The average Bonchev–Trinajstić information content (AvgIpc) is 2.70. The fourth-order valence-electron chi connectivity index (χ4n) is 2.33. The summed E-state index contributed by atoms with van der Waals surface area (Å²) in [6.07, 6.45) is 0.589. The minimum absolute atomic E-state index is 0.0669. The molecule has 0 spiro atoms. The van der Waals surface area contributed by atoms with Crippen LogP contribution in [0.1, 0.15) is 19.7 Å². The Hall–Kier alpha value is -1.15. The molecule has 1 aromatic rings. The topological polar surface area (TPSA) is 88.9 Å². The predicted molar refractivity (Wildman–Crippen MR) is 74.0 cm³/mol. The Bertz CT molecular complexity index is 525. The summed E-state index contributed by atoms with van der Waals surface area (Å²) in [6.45, 7) is 6.11. The van der Waals surface area contributed by atoms with Gasteiger partial charge in [0.05, 0.1) is 11.5 Å². The zero-order chi connectivity index (χ0) is 13.9. The van der Waals surface area contributed by atoms with Gasteiger partial charge in [-0.2, -0.15) is 0 Å². The highest BCUT2D eigenvalue weighted by atomic mass is 32.2. The maximum atomic E-state index is 11.6. The summed E-state index contributed by atoms with van der Waals surface area (Å²) in [4.78, 5) is 0. The Morgan fingerprint density at radius 2 is 2.21 bits per heavy atom. The largest absolute Gasteiger partial charge is 0.355 e. The second-order valence-corrected chi connectivity index (χ2v) is 6.91. The van der Waals surface area contributed by atoms with E-state index in [2.05, 4.69) is 20.8 Å². The fourth-order valence-corrected chi connectivity index (χ4v) is 3.77. The number of anilines is 1. The van der Waals surface area contributed by atoms with Crippen LogP contribution in [0.15, 0.2) is 0 Å². The van der Waals surface area contributed by atoms with Crippen LogP contribution in [0.2, 0.25) is 0 Å². The number of rotatable bonds is 5. The fraction of sp³-hybridized carbons (Fsp3) is 0.818. The lowest BCUT2D eigenvalue weighted by molar-refractivity contribution is 0.500. The Balaban J connectivity index is 2.10. The molecule has 0 aromatic carbocycles. The van der Waals surface area contributed by atoms with E-state index in [-0.39, 0.29) is 17.5 Å². The van der Waals surface area contributed by atoms with Gasteiger partial charge in [0.15, 0.2) is 9.84 Å². The van der Waals surface area contributed by atoms with Crippen LogP contribution in [0.5, 0.6) is 0 Å². The summed E-state index contributed by atoms with van der Waals surface area (Å²) < 4.78 is 25.2. The Morgan fingerprint density at radius 3 is 2.84 bits per heavy atom. The molecule has 0 saturated carbocycles. The summed E-state index contributed by atoms with van der Waals surface area (Å²) in [7, 11) is -2.91. The van der Waals surface area contributed by atoms with E-state index < -0.39 is 9.84 Å². The van der Waals surface area contributed by atoms with Gasteiger partial charge in [-0.05, 0) is 13.8 Å². The highest BCUT2D eigenvalue weighted by molar-refractivity contribution is 7.91. The monoisotopic (exact) mass is 287 g/mol. The van der Waals surface area contributed by atoms with E-state index in [9.17, 15) is 8.42 Å². The summed E-state index contributed by atoms with van der Waals surface area (Å²) in [6, 6.07) is -0.0669. The van der Waals surface area contributed by atoms with Crippen molar-refractivity contribution >= 4 is 15.8 Å². The third-order valence-corrected chi connectivity index (χ3v) is 4.95. The Morgan fingerprint density at radius 1 is 1.42 bits per heavy atom. The van der Waals surface area contributed by atoms with Crippen molar-refractivity contribution < 1.29 is 8.42 Å². The van der Waals surface area contributed by atoms with Crippen molar-refractivity contribution in [3.8, 4) is 0 Å². The summed E-state index contributed by atoms with van der Waals surface area (Å²) >= 11 is 0. The molecule has 1 aliphatic heterocycles. The standard InChI is InChI=1S/C11H21N5O2S/c1-3-12-11-15-14-10(16(11)4-2)7-9-8-19(17,18)6-5-13-9/h9,13H,3-8H2,1-2H3,(H,12,15).